The van der Waals surface area contributed by atoms with E-state index < -0.39 is 0 Å². The topological polar surface area (TPSA) is 71.7 Å². The van der Waals surface area contributed by atoms with Gasteiger partial charge >= 0.3 is 0 Å². The molecule has 0 saturated carbocycles. The highest BCUT2D eigenvalue weighted by atomic mass is 16.5. The van der Waals surface area contributed by atoms with Gasteiger partial charge in [0.25, 0.3) is 0 Å². The number of rotatable bonds is 5. The summed E-state index contributed by atoms with van der Waals surface area (Å²) in [5, 5.41) is 21.5. The van der Waals surface area contributed by atoms with Gasteiger partial charge in [0.1, 0.15) is 0 Å². The summed E-state index contributed by atoms with van der Waals surface area (Å²) in [5.74, 6) is 1.47. The van der Waals surface area contributed by atoms with E-state index in [9.17, 15) is 5.11 Å². The third kappa shape index (κ3) is 2.66. The van der Waals surface area contributed by atoms with Gasteiger partial charge in [-0.1, -0.05) is 18.2 Å². The molecule has 0 aliphatic carbocycles. The molecule has 2 aromatic heterocycles. The highest BCUT2D eigenvalue weighted by molar-refractivity contribution is 5.45. The third-order valence-corrected chi connectivity index (χ3v) is 3.29. The second-order valence-corrected chi connectivity index (χ2v) is 4.62. The molecule has 1 aromatic carbocycles. The monoisotopic (exact) mass is 284 g/mol. The van der Waals surface area contributed by atoms with Gasteiger partial charge in [-0.05, 0) is 18.2 Å². The van der Waals surface area contributed by atoms with Gasteiger partial charge in [-0.25, -0.2) is 0 Å². The summed E-state index contributed by atoms with van der Waals surface area (Å²) in [7, 11) is 1.54. The van der Waals surface area contributed by atoms with E-state index in [1.54, 1.807) is 6.07 Å². The van der Waals surface area contributed by atoms with E-state index in [1.807, 2.05) is 40.9 Å². The zero-order valence-electron chi connectivity index (χ0n) is 11.7. The Hall–Kier alpha value is -2.60. The van der Waals surface area contributed by atoms with Crippen LogP contribution >= 0.6 is 0 Å². The maximum absolute atomic E-state index is 10.0. The van der Waals surface area contributed by atoms with Crippen LogP contribution in [0.3, 0.4) is 0 Å². The largest absolute Gasteiger partial charge is 0.504 e. The summed E-state index contributed by atoms with van der Waals surface area (Å²) < 4.78 is 7.02. The Kier molecular flexibility index (Phi) is 3.70. The Bertz CT molecular complexity index is 754. The third-order valence-electron chi connectivity index (χ3n) is 3.29. The Morgan fingerprint density at radius 3 is 2.90 bits per heavy atom. The van der Waals surface area contributed by atoms with Crippen LogP contribution in [0.5, 0.6) is 11.5 Å². The van der Waals surface area contributed by atoms with Crippen LogP contribution in [0, 0.1) is 0 Å². The molecule has 2 heterocycles. The number of phenols is 1. The first-order valence-electron chi connectivity index (χ1n) is 6.64. The Morgan fingerprint density at radius 1 is 1.14 bits per heavy atom. The smallest absolute Gasteiger partial charge is 0.162 e. The molecule has 6 heteroatoms. The second kappa shape index (κ2) is 5.80. The molecule has 21 heavy (non-hydrogen) atoms. The molecular weight excluding hydrogens is 268 g/mol. The zero-order chi connectivity index (χ0) is 14.7. The Labute approximate surface area is 122 Å². The zero-order valence-corrected chi connectivity index (χ0v) is 11.7. The van der Waals surface area contributed by atoms with Crippen molar-refractivity contribution in [3.05, 3.63) is 54.0 Å². The van der Waals surface area contributed by atoms with E-state index in [-0.39, 0.29) is 5.75 Å². The Morgan fingerprint density at radius 2 is 2.05 bits per heavy atom. The van der Waals surface area contributed by atoms with Gasteiger partial charge in [0.15, 0.2) is 23.0 Å². The molecule has 0 fully saturated rings. The number of pyridine rings is 1. The first-order valence-corrected chi connectivity index (χ1v) is 6.64. The average Bonchev–Trinajstić information content (AvgIpc) is 2.92. The van der Waals surface area contributed by atoms with E-state index in [2.05, 4.69) is 15.5 Å². The highest BCUT2D eigenvalue weighted by Crippen LogP contribution is 2.29. The summed E-state index contributed by atoms with van der Waals surface area (Å²) in [6, 6.07) is 11.2. The maximum atomic E-state index is 10.0. The maximum Gasteiger partial charge on any atom is 0.162 e. The SMILES string of the molecule is COc1cccc(CNCc2nnc3ccccn23)c1O. The van der Waals surface area contributed by atoms with Gasteiger partial charge in [0, 0.05) is 18.3 Å². The van der Waals surface area contributed by atoms with Crippen molar-refractivity contribution in [3.8, 4) is 11.5 Å². The Balaban J connectivity index is 1.69. The standard InChI is InChI=1S/C15H16N4O2/c1-21-12-6-4-5-11(15(12)20)9-16-10-14-18-17-13-7-2-3-8-19(13)14/h2-8,16,20H,9-10H2,1H3. The molecule has 0 aliphatic rings. The van der Waals surface area contributed by atoms with Crippen molar-refractivity contribution in [1.82, 2.24) is 19.9 Å². The molecule has 0 unspecified atom stereocenters. The lowest BCUT2D eigenvalue weighted by atomic mass is 10.2. The fourth-order valence-electron chi connectivity index (χ4n) is 2.20. The van der Waals surface area contributed by atoms with E-state index in [0.717, 1.165) is 17.0 Å². The highest BCUT2D eigenvalue weighted by Gasteiger charge is 2.08. The van der Waals surface area contributed by atoms with E-state index in [4.69, 9.17) is 4.74 Å². The number of phenolic OH excluding ortho intramolecular Hbond substituents is 1. The second-order valence-electron chi connectivity index (χ2n) is 4.62. The van der Waals surface area contributed by atoms with Gasteiger partial charge in [-0.15, -0.1) is 10.2 Å². The van der Waals surface area contributed by atoms with Gasteiger partial charge < -0.3 is 15.2 Å². The quantitative estimate of drug-likeness (QED) is 0.746. The van der Waals surface area contributed by atoms with E-state index >= 15 is 0 Å². The molecule has 6 nitrogen and oxygen atoms in total. The fraction of sp³-hybridized carbons (Fsp3) is 0.200. The van der Waals surface area contributed by atoms with Crippen molar-refractivity contribution in [2.75, 3.05) is 7.11 Å². The predicted molar refractivity (Wildman–Crippen MR) is 78.2 cm³/mol. The van der Waals surface area contributed by atoms with Crippen LogP contribution in [0.1, 0.15) is 11.4 Å². The number of aromatic hydroxyl groups is 1. The fourth-order valence-corrected chi connectivity index (χ4v) is 2.20. The van der Waals surface area contributed by atoms with Crippen LogP contribution in [0.2, 0.25) is 0 Å². The molecular formula is C15H16N4O2. The molecule has 0 amide bonds. The minimum Gasteiger partial charge on any atom is -0.504 e. The molecule has 108 valence electrons. The van der Waals surface area contributed by atoms with Gasteiger partial charge in [0.2, 0.25) is 0 Å². The molecule has 0 bridgehead atoms. The van der Waals surface area contributed by atoms with Crippen molar-refractivity contribution >= 4 is 5.65 Å². The molecule has 2 N–H and O–H groups in total. The molecule has 0 radical (unpaired) electrons. The van der Waals surface area contributed by atoms with E-state index in [0.29, 0.717) is 18.8 Å². The van der Waals surface area contributed by atoms with Crippen LogP contribution in [0.25, 0.3) is 5.65 Å². The van der Waals surface area contributed by atoms with Crippen LogP contribution in [-0.2, 0) is 13.1 Å². The van der Waals surface area contributed by atoms with Crippen LogP contribution in [0.15, 0.2) is 42.6 Å². The van der Waals surface area contributed by atoms with Crippen molar-refractivity contribution in [3.63, 3.8) is 0 Å². The van der Waals surface area contributed by atoms with Gasteiger partial charge in [-0.3, -0.25) is 4.40 Å². The molecule has 0 atom stereocenters. The number of benzene rings is 1. The van der Waals surface area contributed by atoms with Crippen LogP contribution < -0.4 is 10.1 Å². The van der Waals surface area contributed by atoms with Crippen molar-refractivity contribution < 1.29 is 9.84 Å². The lowest BCUT2D eigenvalue weighted by Crippen LogP contribution is -2.15. The van der Waals surface area contributed by atoms with Crippen LogP contribution in [0.4, 0.5) is 0 Å². The number of hydrogen-bond donors (Lipinski definition) is 2. The van der Waals surface area contributed by atoms with Gasteiger partial charge in [-0.2, -0.15) is 0 Å². The lowest BCUT2D eigenvalue weighted by molar-refractivity contribution is 0.369. The number of nitrogens with zero attached hydrogens (tertiary/aromatic N) is 3. The van der Waals surface area contributed by atoms with Crippen molar-refractivity contribution in [1.29, 1.82) is 0 Å². The lowest BCUT2D eigenvalue weighted by Gasteiger charge is -2.09. The number of nitrogens with one attached hydrogen (secondary N) is 1. The number of aromatic nitrogens is 3. The molecule has 0 spiro atoms. The molecule has 3 aromatic rings. The normalized spacial score (nSPS) is 10.9. The van der Waals surface area contributed by atoms with Gasteiger partial charge in [0.05, 0.1) is 13.7 Å². The minimum atomic E-state index is 0.165. The number of para-hydroxylation sites is 1. The molecule has 0 saturated heterocycles. The van der Waals surface area contributed by atoms with Crippen molar-refractivity contribution in [2.24, 2.45) is 0 Å². The summed E-state index contributed by atoms with van der Waals surface area (Å²) in [6.45, 7) is 1.08. The summed E-state index contributed by atoms with van der Waals surface area (Å²) in [4.78, 5) is 0. The van der Waals surface area contributed by atoms with Crippen molar-refractivity contribution in [2.45, 2.75) is 13.1 Å². The molecule has 3 rings (SSSR count). The number of fused-ring (bicyclic) bond motifs is 1. The number of ether oxygens (including phenoxy) is 1. The average molecular weight is 284 g/mol. The minimum absolute atomic E-state index is 0.165. The first kappa shape index (κ1) is 13.4. The predicted octanol–water partition coefficient (Wildman–Crippen LogP) is 1.73. The first-order chi connectivity index (χ1) is 10.3. The number of hydrogen-bond acceptors (Lipinski definition) is 5. The van der Waals surface area contributed by atoms with Crippen LogP contribution in [-0.4, -0.2) is 26.8 Å². The molecule has 0 aliphatic heterocycles. The van der Waals surface area contributed by atoms with E-state index in [1.165, 1.54) is 7.11 Å². The summed E-state index contributed by atoms with van der Waals surface area (Å²) >= 11 is 0. The summed E-state index contributed by atoms with van der Waals surface area (Å²) in [6.07, 6.45) is 1.93. The summed E-state index contributed by atoms with van der Waals surface area (Å²) in [5.41, 5.74) is 1.60. The number of methoxy groups -OCH3 is 1.